The molecule has 1 aromatic rings. The number of allylic oxidation sites excluding steroid dienone is 1. The predicted molar refractivity (Wildman–Crippen MR) is 130 cm³/mol. The molecule has 0 aromatic heterocycles. The van der Waals surface area contributed by atoms with Gasteiger partial charge in [0.25, 0.3) is 0 Å². The maximum atomic E-state index is 12.2. The van der Waals surface area contributed by atoms with Crippen LogP contribution in [0.1, 0.15) is 77.5 Å². The number of carbonyl (C=O) groups is 1. The van der Waals surface area contributed by atoms with Gasteiger partial charge in [0.05, 0.1) is 6.61 Å². The summed E-state index contributed by atoms with van der Waals surface area (Å²) in [6.07, 6.45) is 2.95. The highest BCUT2D eigenvalue weighted by Crippen LogP contribution is 2.43. The minimum Gasteiger partial charge on any atom is -0.507 e. The lowest BCUT2D eigenvalue weighted by Crippen LogP contribution is -2.24. The fourth-order valence-corrected chi connectivity index (χ4v) is 3.76. The van der Waals surface area contributed by atoms with Crippen molar-refractivity contribution in [3.8, 4) is 5.75 Å². The molecule has 2 atom stereocenters. The second-order valence-electron chi connectivity index (χ2n) is 10.3. The average Bonchev–Trinajstić information content (AvgIpc) is 2.67. The summed E-state index contributed by atoms with van der Waals surface area (Å²) in [5, 5.41) is 10.9. The standard InChI is InChI=1S/C25H41O6P/c1-10-11-12-22(26)31-19(17-30-32(9,28)29-8)14-13-18-15-20(24(2,3)4)23(27)21(16-18)25(5,6)7/h10,15-16,19,27H,1,11-14,17H2,2-9H3. The highest BCUT2D eigenvalue weighted by atomic mass is 31.2. The molecule has 1 N–H and O–H groups in total. The van der Waals surface area contributed by atoms with Crippen LogP contribution in [0.25, 0.3) is 0 Å². The van der Waals surface area contributed by atoms with Crippen LogP contribution in [-0.4, -0.2) is 37.6 Å². The van der Waals surface area contributed by atoms with Crippen LogP contribution in [0.4, 0.5) is 0 Å². The molecule has 32 heavy (non-hydrogen) atoms. The van der Waals surface area contributed by atoms with Crippen molar-refractivity contribution < 1.29 is 28.3 Å². The number of phenols is 1. The Morgan fingerprint density at radius 3 is 2.12 bits per heavy atom. The molecule has 0 bridgehead atoms. The number of phenolic OH excluding ortho intramolecular Hbond substituents is 1. The van der Waals surface area contributed by atoms with E-state index in [-0.39, 0.29) is 29.8 Å². The third-order valence-electron chi connectivity index (χ3n) is 5.22. The number of benzene rings is 1. The molecule has 0 saturated heterocycles. The lowest BCUT2D eigenvalue weighted by Gasteiger charge is -2.28. The van der Waals surface area contributed by atoms with Gasteiger partial charge in [0.2, 0.25) is 0 Å². The average molecular weight is 469 g/mol. The first-order valence-corrected chi connectivity index (χ1v) is 13.0. The molecule has 1 rings (SSSR count). The first-order chi connectivity index (χ1) is 14.6. The molecule has 0 aliphatic carbocycles. The molecule has 0 amide bonds. The van der Waals surface area contributed by atoms with Crippen LogP contribution in [0.3, 0.4) is 0 Å². The van der Waals surface area contributed by atoms with Gasteiger partial charge < -0.3 is 18.9 Å². The zero-order chi connectivity index (χ0) is 24.7. The van der Waals surface area contributed by atoms with Crippen molar-refractivity contribution in [2.75, 3.05) is 20.4 Å². The number of esters is 1. The van der Waals surface area contributed by atoms with Gasteiger partial charge >= 0.3 is 13.6 Å². The second kappa shape index (κ2) is 11.5. The van der Waals surface area contributed by atoms with Gasteiger partial charge in [0.15, 0.2) is 0 Å². The normalized spacial score (nSPS) is 15.1. The van der Waals surface area contributed by atoms with Crippen molar-refractivity contribution in [1.82, 2.24) is 0 Å². The minimum absolute atomic E-state index is 0.0161. The number of ether oxygens (including phenoxy) is 1. The lowest BCUT2D eigenvalue weighted by atomic mass is 9.78. The number of hydrogen-bond donors (Lipinski definition) is 1. The number of rotatable bonds is 11. The monoisotopic (exact) mass is 468 g/mol. The fraction of sp³-hybridized carbons (Fsp3) is 0.640. The van der Waals surface area contributed by atoms with Crippen LogP contribution in [0.15, 0.2) is 24.8 Å². The largest absolute Gasteiger partial charge is 0.507 e. The molecule has 0 aliphatic rings. The van der Waals surface area contributed by atoms with Gasteiger partial charge in [-0.1, -0.05) is 59.8 Å². The summed E-state index contributed by atoms with van der Waals surface area (Å²) in [5.41, 5.74) is 2.35. The highest BCUT2D eigenvalue weighted by Gasteiger charge is 2.27. The molecule has 1 aromatic carbocycles. The molecule has 0 spiro atoms. The summed E-state index contributed by atoms with van der Waals surface area (Å²) in [7, 11) is -1.87. The molecule has 2 unspecified atom stereocenters. The van der Waals surface area contributed by atoms with Crippen LogP contribution in [0.5, 0.6) is 5.75 Å². The van der Waals surface area contributed by atoms with Crippen molar-refractivity contribution in [1.29, 1.82) is 0 Å². The van der Waals surface area contributed by atoms with E-state index < -0.39 is 13.7 Å². The number of hydrogen-bond acceptors (Lipinski definition) is 6. The minimum atomic E-state index is -3.19. The molecule has 0 saturated carbocycles. The van der Waals surface area contributed by atoms with Crippen molar-refractivity contribution >= 4 is 13.6 Å². The number of carbonyl (C=O) groups excluding carboxylic acids is 1. The first kappa shape index (κ1) is 28.4. The van der Waals surface area contributed by atoms with Crippen molar-refractivity contribution in [3.05, 3.63) is 41.5 Å². The van der Waals surface area contributed by atoms with E-state index in [9.17, 15) is 14.5 Å². The SMILES string of the molecule is C=CCCC(=O)OC(CCc1cc(C(C)(C)C)c(O)c(C(C)(C)C)c1)COP(C)(=O)OC. The lowest BCUT2D eigenvalue weighted by molar-refractivity contribution is -0.151. The second-order valence-corrected chi connectivity index (χ2v) is 12.4. The molecule has 6 nitrogen and oxygen atoms in total. The van der Waals surface area contributed by atoms with Crippen molar-refractivity contribution in [2.24, 2.45) is 0 Å². The maximum Gasteiger partial charge on any atom is 0.327 e. The molecular weight excluding hydrogens is 427 g/mol. The highest BCUT2D eigenvalue weighted by molar-refractivity contribution is 7.52. The van der Waals surface area contributed by atoms with Gasteiger partial charge in [-0.25, -0.2) is 0 Å². The molecule has 0 radical (unpaired) electrons. The van der Waals surface area contributed by atoms with E-state index in [1.54, 1.807) is 6.08 Å². The van der Waals surface area contributed by atoms with E-state index in [1.165, 1.54) is 13.8 Å². The van der Waals surface area contributed by atoms with Crippen LogP contribution >= 0.6 is 7.60 Å². The Balaban J connectivity index is 3.14. The van der Waals surface area contributed by atoms with Gasteiger partial charge in [-0.3, -0.25) is 9.36 Å². The number of aryl methyl sites for hydroxylation is 1. The van der Waals surface area contributed by atoms with Gasteiger partial charge in [-0.05, 0) is 46.8 Å². The summed E-state index contributed by atoms with van der Waals surface area (Å²) in [6, 6.07) is 4.03. The van der Waals surface area contributed by atoms with Gasteiger partial charge in [0.1, 0.15) is 11.9 Å². The topological polar surface area (TPSA) is 82.1 Å². The van der Waals surface area contributed by atoms with E-state index in [4.69, 9.17) is 13.8 Å². The van der Waals surface area contributed by atoms with Crippen molar-refractivity contribution in [2.45, 2.75) is 84.2 Å². The Morgan fingerprint density at radius 2 is 1.69 bits per heavy atom. The van der Waals surface area contributed by atoms with Crippen molar-refractivity contribution in [3.63, 3.8) is 0 Å². The van der Waals surface area contributed by atoms with Gasteiger partial charge in [-0.15, -0.1) is 6.58 Å². The first-order valence-electron chi connectivity index (χ1n) is 11.1. The van der Waals surface area contributed by atoms with Crippen LogP contribution in [0.2, 0.25) is 0 Å². The molecule has 0 fully saturated rings. The van der Waals surface area contributed by atoms with Crippen LogP contribution in [-0.2, 0) is 40.4 Å². The Bertz CT molecular complexity index is 797. The molecular formula is C25H41O6P. The van der Waals surface area contributed by atoms with E-state index in [0.717, 1.165) is 16.7 Å². The maximum absolute atomic E-state index is 12.2. The molecule has 7 heteroatoms. The summed E-state index contributed by atoms with van der Waals surface area (Å²) < 4.78 is 28.0. The molecule has 0 aliphatic heterocycles. The van der Waals surface area contributed by atoms with Gasteiger partial charge in [0, 0.05) is 20.2 Å². The van der Waals surface area contributed by atoms with Crippen LogP contribution in [0, 0.1) is 0 Å². The third-order valence-corrected chi connectivity index (χ3v) is 6.50. The summed E-state index contributed by atoms with van der Waals surface area (Å²) >= 11 is 0. The summed E-state index contributed by atoms with van der Waals surface area (Å²) in [6.45, 7) is 17.4. The number of aromatic hydroxyl groups is 1. The van der Waals surface area contributed by atoms with E-state index in [1.807, 2.05) is 12.1 Å². The Labute approximate surface area is 193 Å². The summed E-state index contributed by atoms with van der Waals surface area (Å²) in [5.74, 6) is -0.0187. The van der Waals surface area contributed by atoms with Crippen LogP contribution < -0.4 is 0 Å². The van der Waals surface area contributed by atoms with E-state index in [0.29, 0.717) is 25.0 Å². The predicted octanol–water partition coefficient (Wildman–Crippen LogP) is 6.28. The fourth-order valence-electron chi connectivity index (χ4n) is 3.22. The Kier molecular flexibility index (Phi) is 10.2. The van der Waals surface area contributed by atoms with Gasteiger partial charge in [-0.2, -0.15) is 0 Å². The Morgan fingerprint density at radius 1 is 1.16 bits per heavy atom. The smallest absolute Gasteiger partial charge is 0.327 e. The molecule has 0 heterocycles. The quantitative estimate of drug-likeness (QED) is 0.234. The third kappa shape index (κ3) is 9.09. The zero-order valence-electron chi connectivity index (χ0n) is 21.0. The summed E-state index contributed by atoms with van der Waals surface area (Å²) in [4.78, 5) is 12.2. The molecule has 182 valence electrons. The Hall–Kier alpha value is -1.62. The zero-order valence-corrected chi connectivity index (χ0v) is 21.9. The van der Waals surface area contributed by atoms with E-state index in [2.05, 4.69) is 48.1 Å². The van der Waals surface area contributed by atoms with E-state index >= 15 is 0 Å².